The van der Waals surface area contributed by atoms with Gasteiger partial charge in [-0.05, 0) is 31.5 Å². The van der Waals surface area contributed by atoms with E-state index in [1.54, 1.807) is 6.33 Å². The zero-order valence-electron chi connectivity index (χ0n) is 12.5. The van der Waals surface area contributed by atoms with E-state index in [4.69, 9.17) is 0 Å². The molecule has 0 amide bonds. The third-order valence-electron chi connectivity index (χ3n) is 3.66. The molecular weight excluding hydrogens is 262 g/mol. The fourth-order valence-corrected chi connectivity index (χ4v) is 2.58. The van der Waals surface area contributed by atoms with Crippen LogP contribution in [0.25, 0.3) is 10.9 Å². The van der Waals surface area contributed by atoms with Crippen molar-refractivity contribution >= 4 is 10.9 Å². The largest absolute Gasteiger partial charge is 0.319 e. The van der Waals surface area contributed by atoms with Gasteiger partial charge in [0.2, 0.25) is 0 Å². The average molecular weight is 281 g/mol. The monoisotopic (exact) mass is 281 g/mol. The molecule has 0 radical (unpaired) electrons. The second-order valence-corrected chi connectivity index (χ2v) is 5.34. The Balaban J connectivity index is 1.84. The van der Waals surface area contributed by atoms with Gasteiger partial charge in [0.15, 0.2) is 0 Å². The summed E-state index contributed by atoms with van der Waals surface area (Å²) in [6, 6.07) is 10.5. The number of fused-ring (bicyclic) bond motifs is 1. The summed E-state index contributed by atoms with van der Waals surface area (Å²) < 4.78 is 1.94. The minimum absolute atomic E-state index is 0.143. The SMILES string of the molecule is Cc1cc(CNC(C)c2nncn2C)c2ccccc2n1. The minimum Gasteiger partial charge on any atom is -0.319 e. The molecule has 3 aromatic rings. The maximum Gasteiger partial charge on any atom is 0.149 e. The lowest BCUT2D eigenvalue weighted by molar-refractivity contribution is 0.529. The summed E-state index contributed by atoms with van der Waals surface area (Å²) in [5.41, 5.74) is 3.34. The number of hydrogen-bond acceptors (Lipinski definition) is 4. The van der Waals surface area contributed by atoms with E-state index in [9.17, 15) is 0 Å². The van der Waals surface area contributed by atoms with Crippen LogP contribution in [0.1, 0.15) is 30.0 Å². The molecule has 0 bridgehead atoms. The summed E-state index contributed by atoms with van der Waals surface area (Å²) in [6.45, 7) is 4.90. The normalized spacial score (nSPS) is 12.7. The van der Waals surface area contributed by atoms with Gasteiger partial charge in [-0.25, -0.2) is 0 Å². The molecular formula is C16H19N5. The molecule has 1 unspecified atom stereocenters. The van der Waals surface area contributed by atoms with Crippen molar-refractivity contribution in [3.8, 4) is 0 Å². The molecule has 1 atom stereocenters. The summed E-state index contributed by atoms with van der Waals surface area (Å²) >= 11 is 0. The molecule has 108 valence electrons. The Morgan fingerprint density at radius 3 is 2.86 bits per heavy atom. The maximum absolute atomic E-state index is 4.57. The highest BCUT2D eigenvalue weighted by Gasteiger charge is 2.11. The lowest BCUT2D eigenvalue weighted by Gasteiger charge is -2.14. The molecule has 21 heavy (non-hydrogen) atoms. The van der Waals surface area contributed by atoms with Gasteiger partial charge in [-0.1, -0.05) is 18.2 Å². The first kappa shape index (κ1) is 13.7. The smallest absolute Gasteiger partial charge is 0.149 e. The van der Waals surface area contributed by atoms with Crippen molar-refractivity contribution in [1.82, 2.24) is 25.1 Å². The van der Waals surface area contributed by atoms with E-state index >= 15 is 0 Å². The van der Waals surface area contributed by atoms with Gasteiger partial charge in [0.05, 0.1) is 11.6 Å². The van der Waals surface area contributed by atoms with E-state index in [0.717, 1.165) is 23.6 Å². The number of para-hydroxylation sites is 1. The molecule has 5 nitrogen and oxygen atoms in total. The number of benzene rings is 1. The van der Waals surface area contributed by atoms with Crippen LogP contribution in [-0.4, -0.2) is 19.7 Å². The van der Waals surface area contributed by atoms with Crippen LogP contribution in [0.4, 0.5) is 0 Å². The standard InChI is InChI=1S/C16H19N5/c1-11-8-13(14-6-4-5-7-15(14)19-11)9-17-12(2)16-20-18-10-21(16)3/h4-8,10,12,17H,9H2,1-3H3. The first-order valence-corrected chi connectivity index (χ1v) is 7.07. The van der Waals surface area contributed by atoms with E-state index in [2.05, 4.69) is 51.7 Å². The van der Waals surface area contributed by atoms with Gasteiger partial charge in [-0.2, -0.15) is 0 Å². The number of nitrogens with one attached hydrogen (secondary N) is 1. The first-order chi connectivity index (χ1) is 10.1. The summed E-state index contributed by atoms with van der Waals surface area (Å²) in [7, 11) is 1.96. The lowest BCUT2D eigenvalue weighted by atomic mass is 10.1. The Bertz CT molecular complexity index is 762. The molecule has 5 heteroatoms. The van der Waals surface area contributed by atoms with Gasteiger partial charge in [0.1, 0.15) is 12.2 Å². The van der Waals surface area contributed by atoms with Crippen LogP contribution in [0.3, 0.4) is 0 Å². The fourth-order valence-electron chi connectivity index (χ4n) is 2.58. The van der Waals surface area contributed by atoms with Crippen LogP contribution in [-0.2, 0) is 13.6 Å². The maximum atomic E-state index is 4.57. The molecule has 0 aliphatic rings. The van der Waals surface area contributed by atoms with Gasteiger partial charge >= 0.3 is 0 Å². The van der Waals surface area contributed by atoms with Crippen molar-refractivity contribution in [3.63, 3.8) is 0 Å². The number of rotatable bonds is 4. The molecule has 0 saturated heterocycles. The Labute approximate surface area is 124 Å². The van der Waals surface area contributed by atoms with E-state index in [1.807, 2.05) is 24.6 Å². The van der Waals surface area contributed by atoms with Gasteiger partial charge < -0.3 is 9.88 Å². The Morgan fingerprint density at radius 2 is 2.10 bits per heavy atom. The van der Waals surface area contributed by atoms with Crippen LogP contribution in [0.2, 0.25) is 0 Å². The average Bonchev–Trinajstić information content (AvgIpc) is 2.90. The molecule has 2 aromatic heterocycles. The van der Waals surface area contributed by atoms with Gasteiger partial charge in [-0.15, -0.1) is 10.2 Å². The predicted molar refractivity (Wildman–Crippen MR) is 82.7 cm³/mol. The van der Waals surface area contributed by atoms with Crippen molar-refractivity contribution in [1.29, 1.82) is 0 Å². The molecule has 0 fully saturated rings. The van der Waals surface area contributed by atoms with Crippen LogP contribution in [0.15, 0.2) is 36.7 Å². The lowest BCUT2D eigenvalue weighted by Crippen LogP contribution is -2.21. The summed E-state index contributed by atoms with van der Waals surface area (Å²) in [6.07, 6.45) is 1.72. The zero-order chi connectivity index (χ0) is 14.8. The second-order valence-electron chi connectivity index (χ2n) is 5.34. The van der Waals surface area contributed by atoms with Crippen molar-refractivity contribution < 1.29 is 0 Å². The Morgan fingerprint density at radius 1 is 1.29 bits per heavy atom. The summed E-state index contributed by atoms with van der Waals surface area (Å²) in [5.74, 6) is 0.935. The van der Waals surface area contributed by atoms with Crippen molar-refractivity contribution in [2.75, 3.05) is 0 Å². The topological polar surface area (TPSA) is 55.6 Å². The molecule has 0 saturated carbocycles. The second kappa shape index (κ2) is 5.61. The quantitative estimate of drug-likeness (QED) is 0.798. The number of pyridine rings is 1. The highest BCUT2D eigenvalue weighted by Crippen LogP contribution is 2.19. The fraction of sp³-hybridized carbons (Fsp3) is 0.312. The number of hydrogen-bond donors (Lipinski definition) is 1. The molecule has 0 aliphatic carbocycles. The van der Waals surface area contributed by atoms with Crippen LogP contribution in [0, 0.1) is 6.92 Å². The van der Waals surface area contributed by atoms with Crippen molar-refractivity contribution in [2.45, 2.75) is 26.4 Å². The van der Waals surface area contributed by atoms with E-state index in [0.29, 0.717) is 0 Å². The molecule has 2 heterocycles. The number of nitrogens with zero attached hydrogens (tertiary/aromatic N) is 4. The minimum atomic E-state index is 0.143. The van der Waals surface area contributed by atoms with Gasteiger partial charge in [-0.3, -0.25) is 4.98 Å². The van der Waals surface area contributed by atoms with Crippen molar-refractivity contribution in [3.05, 3.63) is 53.7 Å². The highest BCUT2D eigenvalue weighted by molar-refractivity contribution is 5.82. The van der Waals surface area contributed by atoms with Crippen LogP contribution >= 0.6 is 0 Å². The Kier molecular flexibility index (Phi) is 3.66. The van der Waals surface area contributed by atoms with Crippen LogP contribution in [0.5, 0.6) is 0 Å². The van der Waals surface area contributed by atoms with E-state index < -0.39 is 0 Å². The van der Waals surface area contributed by atoms with E-state index in [-0.39, 0.29) is 6.04 Å². The Hall–Kier alpha value is -2.27. The predicted octanol–water partition coefficient (Wildman–Crippen LogP) is 2.52. The third-order valence-corrected chi connectivity index (χ3v) is 3.66. The first-order valence-electron chi connectivity index (χ1n) is 7.07. The van der Waals surface area contributed by atoms with Crippen LogP contribution < -0.4 is 5.32 Å². The van der Waals surface area contributed by atoms with Gasteiger partial charge in [0.25, 0.3) is 0 Å². The third kappa shape index (κ3) is 2.78. The molecule has 3 rings (SSSR count). The van der Waals surface area contributed by atoms with Crippen molar-refractivity contribution in [2.24, 2.45) is 7.05 Å². The van der Waals surface area contributed by atoms with Gasteiger partial charge in [0, 0.05) is 24.7 Å². The molecule has 1 aromatic carbocycles. The highest BCUT2D eigenvalue weighted by atomic mass is 15.3. The molecule has 0 spiro atoms. The number of aromatic nitrogens is 4. The molecule has 1 N–H and O–H groups in total. The van der Waals surface area contributed by atoms with E-state index in [1.165, 1.54) is 10.9 Å². The molecule has 0 aliphatic heterocycles. The number of aryl methyl sites for hydroxylation is 2. The zero-order valence-corrected chi connectivity index (χ0v) is 12.5. The summed E-state index contributed by atoms with van der Waals surface area (Å²) in [5, 5.41) is 12.8. The summed E-state index contributed by atoms with van der Waals surface area (Å²) in [4.78, 5) is 4.57.